The summed E-state index contributed by atoms with van der Waals surface area (Å²) in [4.78, 5) is 12.0. The Morgan fingerprint density at radius 1 is 1.39 bits per heavy atom. The van der Waals surface area contributed by atoms with Crippen LogP contribution in [0.3, 0.4) is 0 Å². The molecule has 1 aromatic carbocycles. The van der Waals surface area contributed by atoms with E-state index in [4.69, 9.17) is 0 Å². The second kappa shape index (κ2) is 7.12. The van der Waals surface area contributed by atoms with E-state index < -0.39 is 30.4 Å². The van der Waals surface area contributed by atoms with Gasteiger partial charge >= 0.3 is 12.5 Å². The minimum Gasteiger partial charge on any atom is -0.427 e. The van der Waals surface area contributed by atoms with Crippen molar-refractivity contribution in [1.29, 1.82) is 0 Å². The topological polar surface area (TPSA) is 50.4 Å². The summed E-state index contributed by atoms with van der Waals surface area (Å²) in [7, 11) is 0. The molecule has 0 radical (unpaired) electrons. The zero-order chi connectivity index (χ0) is 17.0. The minimum absolute atomic E-state index is 0.0822. The Morgan fingerprint density at radius 2 is 2.09 bits per heavy atom. The summed E-state index contributed by atoms with van der Waals surface area (Å²) in [6.07, 6.45) is -9.51. The summed E-state index contributed by atoms with van der Waals surface area (Å²) >= 11 is 0. The van der Waals surface area contributed by atoms with Gasteiger partial charge in [-0.05, 0) is 18.6 Å². The minimum atomic E-state index is -4.70. The Morgan fingerprint density at radius 3 is 2.70 bits per heavy atom. The molecule has 9 heteroatoms. The molecular weight excluding hydrogens is 323 g/mol. The van der Waals surface area contributed by atoms with E-state index in [1.807, 2.05) is 0 Å². The Kier molecular flexibility index (Phi) is 5.40. The molecule has 23 heavy (non-hydrogen) atoms. The van der Waals surface area contributed by atoms with Crippen molar-refractivity contribution in [3.8, 4) is 5.75 Å². The van der Waals surface area contributed by atoms with Crippen molar-refractivity contribution < 1.29 is 31.5 Å². The van der Waals surface area contributed by atoms with Gasteiger partial charge in [-0.15, -0.1) is 0 Å². The number of para-hydroxylation sites is 1. The zero-order valence-corrected chi connectivity index (χ0v) is 11.9. The van der Waals surface area contributed by atoms with E-state index in [9.17, 15) is 26.7 Å². The molecule has 0 saturated carbocycles. The van der Waals surface area contributed by atoms with Crippen LogP contribution in [0.4, 0.5) is 22.0 Å². The molecule has 1 aromatic rings. The first kappa shape index (κ1) is 17.5. The van der Waals surface area contributed by atoms with Gasteiger partial charge in [-0.1, -0.05) is 12.1 Å². The van der Waals surface area contributed by atoms with Gasteiger partial charge in [-0.2, -0.15) is 17.6 Å². The SMILES string of the molecule is O=C(NCC1CC(F)CN1)c1ccccc1OC(F)(F)C(F)F. The van der Waals surface area contributed by atoms with Gasteiger partial charge in [0, 0.05) is 19.1 Å². The largest absolute Gasteiger partial charge is 0.461 e. The first-order valence-electron chi connectivity index (χ1n) is 6.89. The normalized spacial score (nSPS) is 21.5. The van der Waals surface area contributed by atoms with Crippen molar-refractivity contribution >= 4 is 5.91 Å². The van der Waals surface area contributed by atoms with Crippen molar-refractivity contribution in [2.75, 3.05) is 13.1 Å². The van der Waals surface area contributed by atoms with Gasteiger partial charge in [-0.3, -0.25) is 4.79 Å². The Bertz CT molecular complexity index is 556. The van der Waals surface area contributed by atoms with Crippen molar-refractivity contribution in [3.63, 3.8) is 0 Å². The van der Waals surface area contributed by atoms with Crippen LogP contribution in [-0.2, 0) is 0 Å². The number of halogens is 5. The highest BCUT2D eigenvalue weighted by Gasteiger charge is 2.44. The fraction of sp³-hybridized carbons (Fsp3) is 0.500. The molecule has 128 valence electrons. The molecular formula is C14H15F5N2O2. The molecule has 1 saturated heterocycles. The van der Waals surface area contributed by atoms with Gasteiger partial charge in [0.15, 0.2) is 0 Å². The lowest BCUT2D eigenvalue weighted by Crippen LogP contribution is -2.38. The molecule has 0 aromatic heterocycles. The lowest BCUT2D eigenvalue weighted by Gasteiger charge is -2.19. The van der Waals surface area contributed by atoms with E-state index in [1.54, 1.807) is 0 Å². The number of amides is 1. The predicted octanol–water partition coefficient (Wildman–Crippen LogP) is 2.35. The molecule has 2 rings (SSSR count). The number of alkyl halides is 5. The fourth-order valence-corrected chi connectivity index (χ4v) is 2.17. The summed E-state index contributed by atoms with van der Waals surface area (Å²) in [5.41, 5.74) is -0.303. The standard InChI is InChI=1S/C14H15F5N2O2/c15-8-5-9(20-6-8)7-21-12(22)10-3-1-2-4-11(10)23-14(18,19)13(16)17/h1-4,8-9,13,20H,5-7H2,(H,21,22). The second-order valence-corrected chi connectivity index (χ2v) is 5.11. The van der Waals surface area contributed by atoms with Crippen molar-refractivity contribution in [1.82, 2.24) is 10.6 Å². The van der Waals surface area contributed by atoms with Gasteiger partial charge in [0.25, 0.3) is 5.91 Å². The molecule has 2 N–H and O–H groups in total. The van der Waals surface area contributed by atoms with E-state index in [0.29, 0.717) is 0 Å². The molecule has 1 amide bonds. The van der Waals surface area contributed by atoms with Crippen LogP contribution in [0.5, 0.6) is 5.75 Å². The van der Waals surface area contributed by atoms with E-state index in [0.717, 1.165) is 6.07 Å². The average molecular weight is 338 g/mol. The molecule has 2 unspecified atom stereocenters. The number of benzene rings is 1. The fourth-order valence-electron chi connectivity index (χ4n) is 2.17. The summed E-state index contributed by atoms with van der Waals surface area (Å²) < 4.78 is 67.4. The molecule has 1 fully saturated rings. The van der Waals surface area contributed by atoms with Gasteiger partial charge < -0.3 is 15.4 Å². The first-order chi connectivity index (χ1) is 10.8. The third-order valence-electron chi connectivity index (χ3n) is 3.31. The van der Waals surface area contributed by atoms with E-state index >= 15 is 0 Å². The van der Waals surface area contributed by atoms with Crippen LogP contribution in [0, 0.1) is 0 Å². The number of carbonyl (C=O) groups excluding carboxylic acids is 1. The quantitative estimate of drug-likeness (QED) is 0.783. The van der Waals surface area contributed by atoms with Crippen LogP contribution in [0.1, 0.15) is 16.8 Å². The van der Waals surface area contributed by atoms with Crippen molar-refractivity contribution in [2.45, 2.75) is 31.2 Å². The number of carbonyl (C=O) groups is 1. The summed E-state index contributed by atoms with van der Waals surface area (Å²) in [6, 6.07) is 4.56. The zero-order valence-electron chi connectivity index (χ0n) is 11.9. The molecule has 1 aliphatic rings. The predicted molar refractivity (Wildman–Crippen MR) is 71.7 cm³/mol. The Balaban J connectivity index is 2.02. The average Bonchev–Trinajstić information content (AvgIpc) is 2.90. The van der Waals surface area contributed by atoms with Crippen molar-refractivity contribution in [2.24, 2.45) is 0 Å². The Hall–Kier alpha value is -1.90. The van der Waals surface area contributed by atoms with Crippen LogP contribution in [-0.4, -0.2) is 43.7 Å². The lowest BCUT2D eigenvalue weighted by molar-refractivity contribution is -0.253. The van der Waals surface area contributed by atoms with Gasteiger partial charge in [0.2, 0.25) is 0 Å². The molecule has 0 bridgehead atoms. The highest BCUT2D eigenvalue weighted by Crippen LogP contribution is 2.29. The van der Waals surface area contributed by atoms with E-state index in [-0.39, 0.29) is 31.1 Å². The van der Waals surface area contributed by atoms with Crippen LogP contribution in [0.2, 0.25) is 0 Å². The Labute approximate surface area is 129 Å². The maximum atomic E-state index is 13.0. The summed E-state index contributed by atoms with van der Waals surface area (Å²) in [6.45, 7) is 0.264. The third-order valence-corrected chi connectivity index (χ3v) is 3.31. The van der Waals surface area contributed by atoms with Crippen LogP contribution >= 0.6 is 0 Å². The number of hydrogen-bond acceptors (Lipinski definition) is 3. The van der Waals surface area contributed by atoms with Crippen LogP contribution in [0.15, 0.2) is 24.3 Å². The smallest absolute Gasteiger partial charge is 0.427 e. The molecule has 0 aliphatic carbocycles. The monoisotopic (exact) mass is 338 g/mol. The molecule has 0 spiro atoms. The number of hydrogen-bond donors (Lipinski definition) is 2. The van der Waals surface area contributed by atoms with Crippen LogP contribution in [0.25, 0.3) is 0 Å². The summed E-state index contributed by atoms with van der Waals surface area (Å²) in [5, 5.41) is 5.28. The molecule has 2 atom stereocenters. The molecule has 1 aliphatic heterocycles. The van der Waals surface area contributed by atoms with E-state index in [1.165, 1.54) is 18.2 Å². The summed E-state index contributed by atoms with van der Waals surface area (Å²) in [5.74, 6) is -1.42. The number of rotatable bonds is 6. The number of ether oxygens (including phenoxy) is 1. The highest BCUT2D eigenvalue weighted by molar-refractivity contribution is 5.96. The van der Waals surface area contributed by atoms with Gasteiger partial charge in [0.1, 0.15) is 11.9 Å². The number of nitrogens with one attached hydrogen (secondary N) is 2. The van der Waals surface area contributed by atoms with Crippen LogP contribution < -0.4 is 15.4 Å². The van der Waals surface area contributed by atoms with Crippen molar-refractivity contribution in [3.05, 3.63) is 29.8 Å². The highest BCUT2D eigenvalue weighted by atomic mass is 19.3. The van der Waals surface area contributed by atoms with Gasteiger partial charge in [-0.25, -0.2) is 4.39 Å². The molecule has 4 nitrogen and oxygen atoms in total. The first-order valence-corrected chi connectivity index (χ1v) is 6.89. The molecule has 1 heterocycles. The third kappa shape index (κ3) is 4.54. The second-order valence-electron chi connectivity index (χ2n) is 5.11. The maximum absolute atomic E-state index is 13.0. The lowest BCUT2D eigenvalue weighted by atomic mass is 10.1. The maximum Gasteiger partial charge on any atom is 0.461 e. The van der Waals surface area contributed by atoms with Gasteiger partial charge in [0.05, 0.1) is 5.56 Å². The van der Waals surface area contributed by atoms with E-state index in [2.05, 4.69) is 15.4 Å².